The van der Waals surface area contributed by atoms with Gasteiger partial charge in [-0.15, -0.1) is 0 Å². The zero-order valence-corrected chi connectivity index (χ0v) is 50.4. The fraction of sp³-hybridized carbons (Fsp3) is 0.221. The van der Waals surface area contributed by atoms with E-state index in [1.54, 1.807) is 17.2 Å². The Morgan fingerprint density at radius 3 is 1.31 bits per heavy atom. The second kappa shape index (κ2) is 23.6. The summed E-state index contributed by atoms with van der Waals surface area (Å²) in [6.07, 6.45) is 11.8. The van der Waals surface area contributed by atoms with Crippen molar-refractivity contribution in [1.82, 2.24) is 0 Å². The zero-order valence-electron chi connectivity index (χ0n) is 48.1. The van der Waals surface area contributed by atoms with Crippen LogP contribution in [0.5, 0.6) is 0 Å². The molecule has 2 fully saturated rings. The fourth-order valence-electron chi connectivity index (χ4n) is 14.5. The van der Waals surface area contributed by atoms with E-state index in [0.717, 1.165) is 73.5 Å². The molecule has 83 heavy (non-hydrogen) atoms. The minimum atomic E-state index is -0.0313. The maximum Gasteiger partial charge on any atom is 0.0721 e. The molecule has 1 aliphatic heterocycles. The normalized spacial score (nSPS) is 20.9. The number of benzene rings is 10. The largest absolute Gasteiger partial charge is 0.333 e. The first kappa shape index (κ1) is 56.0. The molecule has 0 bridgehead atoms. The Bertz CT molecular complexity index is 3790. The van der Waals surface area contributed by atoms with Crippen LogP contribution in [0, 0.1) is 5.41 Å². The van der Waals surface area contributed by atoms with Gasteiger partial charge >= 0.3 is 0 Å². The van der Waals surface area contributed by atoms with Crippen molar-refractivity contribution in [3.05, 3.63) is 287 Å². The van der Waals surface area contributed by atoms with Crippen LogP contribution in [-0.4, -0.2) is 5.54 Å². The lowest BCUT2D eigenvalue weighted by Crippen LogP contribution is -2.54. The third kappa shape index (κ3) is 10.4. The van der Waals surface area contributed by atoms with Crippen LogP contribution < -0.4 is 14.7 Å². The molecule has 4 atom stereocenters. The van der Waals surface area contributed by atoms with Gasteiger partial charge in [-0.05, 0) is 169 Å². The predicted molar refractivity (Wildman–Crippen MR) is 355 cm³/mol. The molecule has 3 nitrogen and oxygen atoms in total. The molecule has 14 rings (SSSR count). The highest BCUT2D eigenvalue weighted by Gasteiger charge is 2.58. The molecule has 0 saturated heterocycles. The second-order valence-electron chi connectivity index (χ2n) is 24.0. The summed E-state index contributed by atoms with van der Waals surface area (Å²) in [4.78, 5) is 7.09. The van der Waals surface area contributed by atoms with Gasteiger partial charge in [0.2, 0.25) is 0 Å². The van der Waals surface area contributed by atoms with Crippen LogP contribution >= 0.6 is 34.8 Å². The Morgan fingerprint density at radius 2 is 0.759 bits per heavy atom. The lowest BCUT2D eigenvalue weighted by atomic mass is 9.58. The third-order valence-corrected chi connectivity index (χ3v) is 20.5. The molecular formula is C77H72Cl3N3. The van der Waals surface area contributed by atoms with Crippen molar-refractivity contribution in [2.75, 3.05) is 14.7 Å². The van der Waals surface area contributed by atoms with E-state index in [2.05, 4.69) is 237 Å². The lowest BCUT2D eigenvalue weighted by Gasteiger charge is -2.50. The van der Waals surface area contributed by atoms with Gasteiger partial charge in [-0.2, -0.15) is 0 Å². The van der Waals surface area contributed by atoms with Gasteiger partial charge in [0.15, 0.2) is 0 Å². The SMILES string of the molecule is CC12CCCCC1(C)N(c1cccc(-c3cccc(N(c4ccccc4)c4ccccc4)c3)c1Cl)c1ccccc12.CC12CCCCC1(C)c1ccccc1C2.Clc1cccc(-c2cccc(N(c3ccccc3)c3ccccc3)c2)c1Cl. The fourth-order valence-corrected chi connectivity index (χ4v) is 15.2. The molecule has 1 heterocycles. The number of para-hydroxylation sites is 5. The van der Waals surface area contributed by atoms with Gasteiger partial charge in [0.05, 0.1) is 26.3 Å². The summed E-state index contributed by atoms with van der Waals surface area (Å²) in [6.45, 7) is 9.92. The Kier molecular flexibility index (Phi) is 15.9. The molecule has 416 valence electrons. The van der Waals surface area contributed by atoms with Crippen LogP contribution in [0.1, 0.15) is 95.8 Å². The molecule has 6 heteroatoms. The summed E-state index contributed by atoms with van der Waals surface area (Å²) in [5.41, 5.74) is 18.9. The molecule has 3 aliphatic carbocycles. The summed E-state index contributed by atoms with van der Waals surface area (Å²) in [5, 5.41) is 1.94. The number of nitrogens with zero attached hydrogens (tertiary/aromatic N) is 3. The molecule has 4 unspecified atom stereocenters. The van der Waals surface area contributed by atoms with Gasteiger partial charge in [0.1, 0.15) is 0 Å². The van der Waals surface area contributed by atoms with E-state index < -0.39 is 0 Å². The minimum Gasteiger partial charge on any atom is -0.333 e. The van der Waals surface area contributed by atoms with Crippen LogP contribution in [0.2, 0.25) is 15.1 Å². The standard InChI is InChI=1S/C38H35ClN2.C24H17Cl2N.C15H20/c1-37-25-11-12-26-38(37,2)41(34-23-10-9-22-33(34)37)35-24-14-21-32(36(35)39)28-15-13-20-31(27-28)40(29-16-5-3-6-17-29)30-18-7-4-8-19-30;25-23-16-8-15-22(24(23)26)18-9-7-14-21(17-18)27(19-10-3-1-4-11-19)20-12-5-2-6-13-20;1-14-9-5-6-10-15(14,2)13-8-4-3-7-12(13)11-14/h3-10,13-24,27H,11-12,25-26H2,1-2H3;1-17H;3-4,7-8H,5-6,9-11H2,1-2H3. The lowest BCUT2D eigenvalue weighted by molar-refractivity contribution is 0.110. The van der Waals surface area contributed by atoms with Crippen molar-refractivity contribution in [3.8, 4) is 22.3 Å². The van der Waals surface area contributed by atoms with Crippen molar-refractivity contribution in [1.29, 1.82) is 0 Å². The molecule has 0 N–H and O–H groups in total. The maximum atomic E-state index is 7.44. The van der Waals surface area contributed by atoms with Crippen LogP contribution in [-0.2, 0) is 17.3 Å². The Labute approximate surface area is 507 Å². The Hall–Kier alpha value is -7.53. The number of fused-ring (bicyclic) bond motifs is 6. The van der Waals surface area contributed by atoms with Gasteiger partial charge in [-0.1, -0.05) is 245 Å². The third-order valence-electron chi connectivity index (χ3n) is 19.3. The molecule has 4 aliphatic rings. The van der Waals surface area contributed by atoms with E-state index in [4.69, 9.17) is 34.8 Å². The average Bonchev–Trinajstić information content (AvgIpc) is 1.82. The monoisotopic (exact) mass is 1140 g/mol. The molecule has 0 radical (unpaired) electrons. The van der Waals surface area contributed by atoms with Crippen LogP contribution in [0.4, 0.5) is 45.5 Å². The molecule has 10 aromatic rings. The van der Waals surface area contributed by atoms with Crippen LogP contribution in [0.3, 0.4) is 0 Å². The number of anilines is 8. The molecule has 2 saturated carbocycles. The van der Waals surface area contributed by atoms with Gasteiger partial charge in [-0.25, -0.2) is 0 Å². The number of hydrogen-bond donors (Lipinski definition) is 0. The van der Waals surface area contributed by atoms with E-state index in [-0.39, 0.29) is 11.0 Å². The summed E-state index contributed by atoms with van der Waals surface area (Å²) >= 11 is 20.1. The molecule has 10 aromatic carbocycles. The number of hydrogen-bond acceptors (Lipinski definition) is 3. The van der Waals surface area contributed by atoms with Crippen molar-refractivity contribution in [2.45, 2.75) is 102 Å². The maximum absolute atomic E-state index is 7.44. The number of halogens is 3. The zero-order chi connectivity index (χ0) is 57.2. The summed E-state index contributed by atoms with van der Waals surface area (Å²) in [7, 11) is 0. The van der Waals surface area contributed by atoms with E-state index in [1.807, 2.05) is 54.6 Å². The number of rotatable bonds is 9. The summed E-state index contributed by atoms with van der Waals surface area (Å²) < 4.78 is 0. The average molecular weight is 1150 g/mol. The van der Waals surface area contributed by atoms with Gasteiger partial charge in [-0.3, -0.25) is 0 Å². The van der Waals surface area contributed by atoms with Crippen LogP contribution in [0.25, 0.3) is 22.3 Å². The van der Waals surface area contributed by atoms with Crippen molar-refractivity contribution >= 4 is 80.3 Å². The van der Waals surface area contributed by atoms with E-state index >= 15 is 0 Å². The smallest absolute Gasteiger partial charge is 0.0721 e. The topological polar surface area (TPSA) is 9.72 Å². The van der Waals surface area contributed by atoms with E-state index in [1.165, 1.54) is 62.6 Å². The highest BCUT2D eigenvalue weighted by atomic mass is 35.5. The van der Waals surface area contributed by atoms with Crippen molar-refractivity contribution in [3.63, 3.8) is 0 Å². The van der Waals surface area contributed by atoms with Gasteiger partial charge in [0, 0.05) is 56.4 Å². The predicted octanol–water partition coefficient (Wildman–Crippen LogP) is 23.4. The van der Waals surface area contributed by atoms with E-state index in [0.29, 0.717) is 20.9 Å². The van der Waals surface area contributed by atoms with Crippen molar-refractivity contribution < 1.29 is 0 Å². The van der Waals surface area contributed by atoms with E-state index in [9.17, 15) is 0 Å². The first-order chi connectivity index (χ1) is 40.4. The quantitative estimate of drug-likeness (QED) is 0.143. The Morgan fingerprint density at radius 1 is 0.349 bits per heavy atom. The van der Waals surface area contributed by atoms with Gasteiger partial charge < -0.3 is 14.7 Å². The Balaban J connectivity index is 0.000000138. The first-order valence-corrected chi connectivity index (χ1v) is 30.8. The van der Waals surface area contributed by atoms with Gasteiger partial charge in [0.25, 0.3) is 0 Å². The van der Waals surface area contributed by atoms with Crippen molar-refractivity contribution in [2.24, 2.45) is 5.41 Å². The molecular weight excluding hydrogens is 1070 g/mol. The molecule has 0 spiro atoms. The molecule has 0 aromatic heterocycles. The second-order valence-corrected chi connectivity index (χ2v) is 25.1. The summed E-state index contributed by atoms with van der Waals surface area (Å²) in [6, 6.07) is 89.1. The molecule has 0 amide bonds. The highest BCUT2D eigenvalue weighted by Crippen LogP contribution is 2.62. The highest BCUT2D eigenvalue weighted by molar-refractivity contribution is 6.43. The minimum absolute atomic E-state index is 0.0313. The first-order valence-electron chi connectivity index (χ1n) is 29.6. The van der Waals surface area contributed by atoms with Crippen LogP contribution in [0.15, 0.2) is 255 Å². The summed E-state index contributed by atoms with van der Waals surface area (Å²) in [5.74, 6) is 0.